The van der Waals surface area contributed by atoms with E-state index in [0.29, 0.717) is 5.92 Å². The molecule has 0 spiro atoms. The summed E-state index contributed by atoms with van der Waals surface area (Å²) in [6.07, 6.45) is 6.40. The van der Waals surface area contributed by atoms with Crippen LogP contribution in [0, 0.1) is 0 Å². The Morgan fingerprint density at radius 1 is 1.19 bits per heavy atom. The topological polar surface area (TPSA) is 24.9 Å². The fourth-order valence-electron chi connectivity index (χ4n) is 2.49. The summed E-state index contributed by atoms with van der Waals surface area (Å²) in [5.41, 5.74) is 1.45. The molecule has 16 heavy (non-hydrogen) atoms. The molecule has 1 aromatic carbocycles. The van der Waals surface area contributed by atoms with Gasteiger partial charge in [-0.1, -0.05) is 12.1 Å². The predicted molar refractivity (Wildman–Crippen MR) is 66.6 cm³/mol. The number of benzene rings is 1. The first-order valence-corrected chi connectivity index (χ1v) is 5.98. The van der Waals surface area contributed by atoms with E-state index in [-0.39, 0.29) is 0 Å². The molecule has 1 unspecified atom stereocenters. The van der Waals surface area contributed by atoms with Crippen molar-refractivity contribution < 1.29 is 0 Å². The lowest BCUT2D eigenvalue weighted by Crippen LogP contribution is -2.28. The van der Waals surface area contributed by atoms with Crippen LogP contribution in [0.5, 0.6) is 0 Å². The summed E-state index contributed by atoms with van der Waals surface area (Å²) >= 11 is 0. The first-order chi connectivity index (χ1) is 7.93. The monoisotopic (exact) mass is 212 g/mol. The number of fused-ring (bicyclic) bond motifs is 1. The standard InChI is InChI=1S/C14H16N2/c1-2-13(9-15-6-1)12-4-3-11-5-7-16-10-14(11)8-12/h3-5,7-8,10,13,15H,1-2,6,9H2. The van der Waals surface area contributed by atoms with Crippen molar-refractivity contribution in [2.45, 2.75) is 18.8 Å². The van der Waals surface area contributed by atoms with Crippen molar-refractivity contribution in [2.75, 3.05) is 13.1 Å². The molecule has 0 saturated carbocycles. The van der Waals surface area contributed by atoms with Gasteiger partial charge in [0.25, 0.3) is 0 Å². The van der Waals surface area contributed by atoms with E-state index in [1.807, 2.05) is 12.4 Å². The fraction of sp³-hybridized carbons (Fsp3) is 0.357. The van der Waals surface area contributed by atoms with Crippen molar-refractivity contribution in [3.63, 3.8) is 0 Å². The Morgan fingerprint density at radius 2 is 2.19 bits per heavy atom. The van der Waals surface area contributed by atoms with Crippen LogP contribution in [0.15, 0.2) is 36.7 Å². The maximum atomic E-state index is 4.18. The second kappa shape index (κ2) is 4.22. The molecule has 3 rings (SSSR count). The Balaban J connectivity index is 1.97. The van der Waals surface area contributed by atoms with Gasteiger partial charge < -0.3 is 5.32 Å². The minimum atomic E-state index is 0.679. The summed E-state index contributed by atoms with van der Waals surface area (Å²) in [6.45, 7) is 2.29. The Kier molecular flexibility index (Phi) is 2.58. The summed E-state index contributed by atoms with van der Waals surface area (Å²) in [6, 6.07) is 8.83. The van der Waals surface area contributed by atoms with Gasteiger partial charge in [0.2, 0.25) is 0 Å². The van der Waals surface area contributed by atoms with Crippen LogP contribution in [-0.2, 0) is 0 Å². The first-order valence-electron chi connectivity index (χ1n) is 5.98. The van der Waals surface area contributed by atoms with E-state index >= 15 is 0 Å². The lowest BCUT2D eigenvalue weighted by Gasteiger charge is -2.23. The van der Waals surface area contributed by atoms with Gasteiger partial charge in [-0.2, -0.15) is 0 Å². The minimum absolute atomic E-state index is 0.679. The molecule has 1 saturated heterocycles. The van der Waals surface area contributed by atoms with Gasteiger partial charge >= 0.3 is 0 Å². The maximum Gasteiger partial charge on any atom is 0.0346 e. The van der Waals surface area contributed by atoms with E-state index in [0.717, 1.165) is 6.54 Å². The second-order valence-electron chi connectivity index (χ2n) is 4.53. The number of rotatable bonds is 1. The van der Waals surface area contributed by atoms with Crippen molar-refractivity contribution in [2.24, 2.45) is 0 Å². The third-order valence-electron chi connectivity index (χ3n) is 3.43. The molecular formula is C14H16N2. The van der Waals surface area contributed by atoms with E-state index in [4.69, 9.17) is 0 Å². The SMILES string of the molecule is c1cc2ccc(C3CCCNC3)cc2cn1. The predicted octanol–water partition coefficient (Wildman–Crippen LogP) is 2.70. The molecule has 1 aliphatic heterocycles. The zero-order chi connectivity index (χ0) is 10.8. The molecule has 1 aliphatic rings. The molecule has 2 aromatic rings. The summed E-state index contributed by atoms with van der Waals surface area (Å²) in [5, 5.41) is 6.00. The van der Waals surface area contributed by atoms with Gasteiger partial charge in [-0.25, -0.2) is 0 Å². The summed E-state index contributed by atoms with van der Waals surface area (Å²) in [4.78, 5) is 4.18. The molecule has 2 heteroatoms. The average molecular weight is 212 g/mol. The number of hydrogen-bond acceptors (Lipinski definition) is 2. The van der Waals surface area contributed by atoms with Crippen molar-refractivity contribution in [1.82, 2.24) is 10.3 Å². The first kappa shape index (κ1) is 9.79. The molecule has 2 nitrogen and oxygen atoms in total. The number of nitrogens with zero attached hydrogens (tertiary/aromatic N) is 1. The Bertz CT molecular complexity index is 487. The van der Waals surface area contributed by atoms with Crippen LogP contribution in [-0.4, -0.2) is 18.1 Å². The smallest absolute Gasteiger partial charge is 0.0346 e. The molecule has 1 fully saturated rings. The highest BCUT2D eigenvalue weighted by molar-refractivity contribution is 5.82. The van der Waals surface area contributed by atoms with Gasteiger partial charge in [-0.15, -0.1) is 0 Å². The van der Waals surface area contributed by atoms with Crippen LogP contribution in [0.1, 0.15) is 24.3 Å². The average Bonchev–Trinajstić information content (AvgIpc) is 2.39. The molecule has 0 bridgehead atoms. The van der Waals surface area contributed by atoms with Crippen LogP contribution in [0.4, 0.5) is 0 Å². The van der Waals surface area contributed by atoms with Crippen molar-refractivity contribution in [3.05, 3.63) is 42.2 Å². The third kappa shape index (κ3) is 1.81. The largest absolute Gasteiger partial charge is 0.316 e. The molecule has 1 aromatic heterocycles. The van der Waals surface area contributed by atoms with Gasteiger partial charge in [0.15, 0.2) is 0 Å². The second-order valence-corrected chi connectivity index (χ2v) is 4.53. The normalized spacial score (nSPS) is 21.1. The lowest BCUT2D eigenvalue weighted by molar-refractivity contribution is 0.462. The molecule has 2 heterocycles. The van der Waals surface area contributed by atoms with Crippen molar-refractivity contribution >= 4 is 10.8 Å². The minimum Gasteiger partial charge on any atom is -0.316 e. The lowest BCUT2D eigenvalue weighted by atomic mass is 9.90. The van der Waals surface area contributed by atoms with Crippen LogP contribution < -0.4 is 5.32 Å². The molecule has 0 amide bonds. The molecular weight excluding hydrogens is 196 g/mol. The van der Waals surface area contributed by atoms with Gasteiger partial charge in [0, 0.05) is 24.3 Å². The highest BCUT2D eigenvalue weighted by Gasteiger charge is 2.14. The van der Waals surface area contributed by atoms with Gasteiger partial charge in [0.05, 0.1) is 0 Å². The molecule has 82 valence electrons. The maximum absolute atomic E-state index is 4.18. The zero-order valence-electron chi connectivity index (χ0n) is 9.32. The Hall–Kier alpha value is -1.41. The van der Waals surface area contributed by atoms with Crippen LogP contribution in [0.3, 0.4) is 0 Å². The number of nitrogens with one attached hydrogen (secondary N) is 1. The van der Waals surface area contributed by atoms with E-state index in [9.17, 15) is 0 Å². The van der Waals surface area contributed by atoms with Crippen molar-refractivity contribution in [3.8, 4) is 0 Å². The number of pyridine rings is 1. The van der Waals surface area contributed by atoms with Crippen LogP contribution in [0.25, 0.3) is 10.8 Å². The highest BCUT2D eigenvalue weighted by Crippen LogP contribution is 2.25. The fourth-order valence-corrected chi connectivity index (χ4v) is 2.49. The van der Waals surface area contributed by atoms with Crippen LogP contribution >= 0.6 is 0 Å². The van der Waals surface area contributed by atoms with Crippen molar-refractivity contribution in [1.29, 1.82) is 0 Å². The Morgan fingerprint density at radius 3 is 3.06 bits per heavy atom. The summed E-state index contributed by atoms with van der Waals surface area (Å²) in [7, 11) is 0. The quantitative estimate of drug-likeness (QED) is 0.786. The van der Waals surface area contributed by atoms with Gasteiger partial charge in [-0.3, -0.25) is 4.98 Å². The molecule has 0 aliphatic carbocycles. The van der Waals surface area contributed by atoms with Gasteiger partial charge in [0.1, 0.15) is 0 Å². The van der Waals surface area contributed by atoms with E-state index in [2.05, 4.69) is 34.6 Å². The highest BCUT2D eigenvalue weighted by atomic mass is 14.9. The third-order valence-corrected chi connectivity index (χ3v) is 3.43. The van der Waals surface area contributed by atoms with E-state index in [1.165, 1.54) is 35.7 Å². The van der Waals surface area contributed by atoms with E-state index in [1.54, 1.807) is 0 Å². The van der Waals surface area contributed by atoms with Crippen LogP contribution in [0.2, 0.25) is 0 Å². The molecule has 0 radical (unpaired) electrons. The summed E-state index contributed by atoms with van der Waals surface area (Å²) < 4.78 is 0. The molecule has 1 N–H and O–H groups in total. The molecule has 1 atom stereocenters. The van der Waals surface area contributed by atoms with E-state index < -0.39 is 0 Å². The number of aromatic nitrogens is 1. The zero-order valence-corrected chi connectivity index (χ0v) is 9.32. The Labute approximate surface area is 95.7 Å². The number of piperidine rings is 1. The van der Waals surface area contributed by atoms with Gasteiger partial charge in [-0.05, 0) is 48.4 Å². The number of hydrogen-bond donors (Lipinski definition) is 1. The summed E-state index contributed by atoms with van der Waals surface area (Å²) in [5.74, 6) is 0.679.